The Morgan fingerprint density at radius 1 is 1.30 bits per heavy atom. The van der Waals surface area contributed by atoms with Gasteiger partial charge in [0.1, 0.15) is 5.75 Å². The Bertz CT molecular complexity index is 537. The van der Waals surface area contributed by atoms with E-state index in [2.05, 4.69) is 34.2 Å². The van der Waals surface area contributed by atoms with E-state index in [9.17, 15) is 4.79 Å². The summed E-state index contributed by atoms with van der Waals surface area (Å²) >= 11 is 0. The van der Waals surface area contributed by atoms with E-state index in [1.807, 2.05) is 12.1 Å². The number of ether oxygens (including phenoxy) is 1. The van der Waals surface area contributed by atoms with Crippen LogP contribution in [0.3, 0.4) is 0 Å². The van der Waals surface area contributed by atoms with E-state index in [1.54, 1.807) is 7.11 Å². The van der Waals surface area contributed by atoms with Crippen LogP contribution in [0.2, 0.25) is 0 Å². The molecule has 0 bridgehead atoms. The van der Waals surface area contributed by atoms with Gasteiger partial charge in [-0.15, -0.1) is 0 Å². The number of carbonyl (C=O) groups excluding carboxylic acids is 1. The molecule has 1 N–H and O–H groups in total. The predicted octanol–water partition coefficient (Wildman–Crippen LogP) is 1.73. The second-order valence-electron chi connectivity index (χ2n) is 6.66. The van der Waals surface area contributed by atoms with Crippen molar-refractivity contribution in [2.75, 3.05) is 44.7 Å². The number of nitrogens with zero attached hydrogens (tertiary/aromatic N) is 2. The number of methoxy groups -OCH3 is 1. The first kappa shape index (κ1) is 16.1. The molecule has 0 radical (unpaired) electrons. The van der Waals surface area contributed by atoms with Crippen LogP contribution in [0.5, 0.6) is 5.75 Å². The lowest BCUT2D eigenvalue weighted by molar-refractivity contribution is -0.123. The zero-order chi connectivity index (χ0) is 16.2. The van der Waals surface area contributed by atoms with E-state index in [0.717, 1.165) is 31.9 Å². The van der Waals surface area contributed by atoms with Gasteiger partial charge >= 0.3 is 0 Å². The number of anilines is 1. The number of amides is 1. The molecule has 1 saturated heterocycles. The van der Waals surface area contributed by atoms with Crippen molar-refractivity contribution in [1.82, 2.24) is 10.2 Å². The highest BCUT2D eigenvalue weighted by molar-refractivity contribution is 5.78. The second kappa shape index (κ2) is 7.21. The third kappa shape index (κ3) is 4.38. The summed E-state index contributed by atoms with van der Waals surface area (Å²) in [4.78, 5) is 16.7. The van der Waals surface area contributed by atoms with Crippen LogP contribution < -0.4 is 15.0 Å². The molecule has 1 aliphatic heterocycles. The highest BCUT2D eigenvalue weighted by Gasteiger charge is 2.29. The average molecular weight is 317 g/mol. The van der Waals surface area contributed by atoms with Crippen LogP contribution >= 0.6 is 0 Å². The van der Waals surface area contributed by atoms with Crippen LogP contribution in [0.4, 0.5) is 5.69 Å². The lowest BCUT2D eigenvalue weighted by Gasteiger charge is -2.36. The van der Waals surface area contributed by atoms with Crippen molar-refractivity contribution in [1.29, 1.82) is 0 Å². The van der Waals surface area contributed by atoms with Crippen LogP contribution in [0.15, 0.2) is 24.3 Å². The van der Waals surface area contributed by atoms with Crippen LogP contribution in [0, 0.1) is 5.92 Å². The largest absolute Gasteiger partial charge is 0.497 e. The van der Waals surface area contributed by atoms with Gasteiger partial charge in [0.25, 0.3) is 0 Å². The molecule has 5 nitrogen and oxygen atoms in total. The van der Waals surface area contributed by atoms with Crippen LogP contribution in [0.1, 0.15) is 19.8 Å². The molecule has 23 heavy (non-hydrogen) atoms. The minimum Gasteiger partial charge on any atom is -0.497 e. The molecule has 3 rings (SSSR count). The number of carbonyl (C=O) groups is 1. The SMILES string of the molecule is COc1cccc(N2CCN(CC(=O)N[C@H](C)C3CC3)CC2)c1. The fourth-order valence-corrected chi connectivity index (χ4v) is 3.19. The molecule has 2 aliphatic rings. The molecule has 1 heterocycles. The van der Waals surface area contributed by atoms with E-state index in [1.165, 1.54) is 18.5 Å². The molecule has 126 valence electrons. The lowest BCUT2D eigenvalue weighted by Crippen LogP contribution is -2.50. The smallest absolute Gasteiger partial charge is 0.234 e. The fourth-order valence-electron chi connectivity index (χ4n) is 3.19. The molecular formula is C18H27N3O2. The molecular weight excluding hydrogens is 290 g/mol. The first-order valence-corrected chi connectivity index (χ1v) is 8.56. The number of rotatable bonds is 6. The zero-order valence-corrected chi connectivity index (χ0v) is 14.1. The molecule has 1 atom stereocenters. The van der Waals surface area contributed by atoms with Crippen molar-refractivity contribution >= 4 is 11.6 Å². The second-order valence-corrected chi connectivity index (χ2v) is 6.66. The van der Waals surface area contributed by atoms with Gasteiger partial charge < -0.3 is 15.0 Å². The van der Waals surface area contributed by atoms with Crippen LogP contribution in [-0.4, -0.2) is 56.7 Å². The molecule has 1 aromatic carbocycles. The Morgan fingerprint density at radius 2 is 2.04 bits per heavy atom. The summed E-state index contributed by atoms with van der Waals surface area (Å²) in [6.07, 6.45) is 2.53. The van der Waals surface area contributed by atoms with Gasteiger partial charge in [-0.3, -0.25) is 9.69 Å². The van der Waals surface area contributed by atoms with E-state index < -0.39 is 0 Å². The van der Waals surface area contributed by atoms with Crippen molar-refractivity contribution in [2.24, 2.45) is 5.92 Å². The van der Waals surface area contributed by atoms with Crippen LogP contribution in [-0.2, 0) is 4.79 Å². The van der Waals surface area contributed by atoms with Crippen molar-refractivity contribution in [3.8, 4) is 5.75 Å². The van der Waals surface area contributed by atoms with E-state index in [4.69, 9.17) is 4.74 Å². The molecule has 1 aliphatic carbocycles. The number of hydrogen-bond donors (Lipinski definition) is 1. The maximum Gasteiger partial charge on any atom is 0.234 e. The number of benzene rings is 1. The summed E-state index contributed by atoms with van der Waals surface area (Å²) < 4.78 is 5.29. The molecule has 1 amide bonds. The maximum atomic E-state index is 12.1. The number of piperazine rings is 1. The van der Waals surface area contributed by atoms with E-state index in [0.29, 0.717) is 18.5 Å². The molecule has 1 aromatic rings. The van der Waals surface area contributed by atoms with Crippen molar-refractivity contribution in [2.45, 2.75) is 25.8 Å². The van der Waals surface area contributed by atoms with Gasteiger partial charge in [0.15, 0.2) is 0 Å². The minimum atomic E-state index is 0.166. The summed E-state index contributed by atoms with van der Waals surface area (Å²) in [6.45, 7) is 6.36. The molecule has 1 saturated carbocycles. The number of hydrogen-bond acceptors (Lipinski definition) is 4. The highest BCUT2D eigenvalue weighted by Crippen LogP contribution is 2.32. The Labute approximate surface area is 138 Å². The summed E-state index contributed by atoms with van der Waals surface area (Å²) in [7, 11) is 1.69. The Morgan fingerprint density at radius 3 is 2.70 bits per heavy atom. The van der Waals surface area contributed by atoms with Gasteiger partial charge in [0.2, 0.25) is 5.91 Å². The molecule has 5 heteroatoms. The summed E-state index contributed by atoms with van der Waals surface area (Å²) in [5.41, 5.74) is 1.19. The Hall–Kier alpha value is -1.75. The minimum absolute atomic E-state index is 0.166. The third-order valence-electron chi connectivity index (χ3n) is 4.88. The Kier molecular flexibility index (Phi) is 5.06. The predicted molar refractivity (Wildman–Crippen MR) is 92.0 cm³/mol. The monoisotopic (exact) mass is 317 g/mol. The van der Waals surface area contributed by atoms with Gasteiger partial charge in [0.05, 0.1) is 13.7 Å². The van der Waals surface area contributed by atoms with Gasteiger partial charge in [-0.05, 0) is 37.8 Å². The molecule has 0 unspecified atom stereocenters. The molecule has 2 fully saturated rings. The standard InChI is InChI=1S/C18H27N3O2/c1-14(15-6-7-15)19-18(22)13-20-8-10-21(11-9-20)16-4-3-5-17(12-16)23-2/h3-5,12,14-15H,6-11,13H2,1-2H3,(H,19,22)/t14-/m1/s1. The third-order valence-corrected chi connectivity index (χ3v) is 4.88. The summed E-state index contributed by atoms with van der Waals surface area (Å²) in [5.74, 6) is 1.77. The topological polar surface area (TPSA) is 44.8 Å². The zero-order valence-electron chi connectivity index (χ0n) is 14.1. The lowest BCUT2D eigenvalue weighted by atomic mass is 10.2. The fraction of sp³-hybridized carbons (Fsp3) is 0.611. The van der Waals surface area contributed by atoms with Gasteiger partial charge in [-0.2, -0.15) is 0 Å². The normalized spacial score (nSPS) is 20.2. The average Bonchev–Trinajstić information content (AvgIpc) is 3.40. The van der Waals surface area contributed by atoms with Gasteiger partial charge in [-0.1, -0.05) is 6.07 Å². The first-order chi connectivity index (χ1) is 11.2. The van der Waals surface area contributed by atoms with Crippen molar-refractivity contribution in [3.05, 3.63) is 24.3 Å². The van der Waals surface area contributed by atoms with Crippen LogP contribution in [0.25, 0.3) is 0 Å². The van der Waals surface area contributed by atoms with Crippen molar-refractivity contribution < 1.29 is 9.53 Å². The highest BCUT2D eigenvalue weighted by atomic mass is 16.5. The van der Waals surface area contributed by atoms with Crippen molar-refractivity contribution in [3.63, 3.8) is 0 Å². The van der Waals surface area contributed by atoms with E-state index in [-0.39, 0.29) is 5.91 Å². The summed E-state index contributed by atoms with van der Waals surface area (Å²) in [6, 6.07) is 8.50. The maximum absolute atomic E-state index is 12.1. The first-order valence-electron chi connectivity index (χ1n) is 8.56. The number of nitrogens with one attached hydrogen (secondary N) is 1. The molecule has 0 spiro atoms. The Balaban J connectivity index is 1.45. The molecule has 0 aromatic heterocycles. The summed E-state index contributed by atoms with van der Waals surface area (Å²) in [5, 5.41) is 3.14. The van der Waals surface area contributed by atoms with E-state index >= 15 is 0 Å². The van der Waals surface area contributed by atoms with Gasteiger partial charge in [-0.25, -0.2) is 0 Å². The quantitative estimate of drug-likeness (QED) is 0.868. The van der Waals surface area contributed by atoms with Gasteiger partial charge in [0, 0.05) is 44.0 Å².